The second-order valence-corrected chi connectivity index (χ2v) is 9.95. The van der Waals surface area contributed by atoms with Crippen molar-refractivity contribution in [3.05, 3.63) is 42.0 Å². The molecule has 5 fully saturated rings. The highest BCUT2D eigenvalue weighted by Crippen LogP contribution is 2.53. The quantitative estimate of drug-likeness (QED) is 0.779. The summed E-state index contributed by atoms with van der Waals surface area (Å²) in [6.45, 7) is 1.80. The number of amides is 1. The van der Waals surface area contributed by atoms with Crippen LogP contribution in [-0.2, 0) is 4.79 Å². The van der Waals surface area contributed by atoms with Crippen LogP contribution in [0.1, 0.15) is 44.1 Å². The molecule has 1 aromatic rings. The fraction of sp³-hybridized carbons (Fsp3) is 0.640. The van der Waals surface area contributed by atoms with E-state index in [1.165, 1.54) is 37.7 Å². The van der Waals surface area contributed by atoms with Crippen LogP contribution >= 0.6 is 0 Å². The van der Waals surface area contributed by atoms with Gasteiger partial charge in [-0.25, -0.2) is 0 Å². The van der Waals surface area contributed by atoms with E-state index in [9.17, 15) is 4.79 Å². The van der Waals surface area contributed by atoms with Crippen LogP contribution in [0.5, 0.6) is 0 Å². The number of benzene rings is 1. The maximum absolute atomic E-state index is 12.5. The standard InChI is InChI=1S/C25H35N3O/c1-26-25(29)23-15-22(16-28(23)9-5-8-17-6-3-2-4-7-17)27-24-20-11-18-10-19(13-20)14-21(24)12-18/h2-8,18-24,27H,9-16H2,1H3,(H,26,29)/t18?,19?,20?,21?,22-,23-,24?/m0/s1. The van der Waals surface area contributed by atoms with Crippen molar-refractivity contribution in [1.29, 1.82) is 0 Å². The minimum atomic E-state index is -0.0187. The van der Waals surface area contributed by atoms with Crippen LogP contribution in [-0.4, -0.2) is 49.1 Å². The molecule has 4 bridgehead atoms. The molecule has 4 heteroatoms. The monoisotopic (exact) mass is 393 g/mol. The number of hydrogen-bond acceptors (Lipinski definition) is 3. The number of carbonyl (C=O) groups is 1. The van der Waals surface area contributed by atoms with Gasteiger partial charge in [-0.15, -0.1) is 0 Å². The normalized spacial score (nSPS) is 38.7. The molecule has 2 atom stereocenters. The Balaban J connectivity index is 1.22. The predicted octanol–water partition coefficient (Wildman–Crippen LogP) is 3.30. The molecule has 4 aliphatic carbocycles. The Morgan fingerprint density at radius 3 is 2.38 bits per heavy atom. The lowest BCUT2D eigenvalue weighted by molar-refractivity contribution is -0.124. The van der Waals surface area contributed by atoms with Crippen molar-refractivity contribution in [3.63, 3.8) is 0 Å². The zero-order valence-corrected chi connectivity index (χ0v) is 17.6. The number of carbonyl (C=O) groups excluding carboxylic acids is 1. The molecule has 1 saturated heterocycles. The zero-order valence-electron chi connectivity index (χ0n) is 17.6. The largest absolute Gasteiger partial charge is 0.358 e. The molecule has 156 valence electrons. The van der Waals surface area contributed by atoms with E-state index in [1.54, 1.807) is 7.05 Å². The summed E-state index contributed by atoms with van der Waals surface area (Å²) >= 11 is 0. The van der Waals surface area contributed by atoms with Gasteiger partial charge in [0.05, 0.1) is 6.04 Å². The Bertz CT molecular complexity index is 718. The zero-order chi connectivity index (χ0) is 19.8. The van der Waals surface area contributed by atoms with Gasteiger partial charge < -0.3 is 10.6 Å². The number of likely N-dealkylation sites (tertiary alicyclic amines) is 1. The minimum absolute atomic E-state index is 0.0187. The van der Waals surface area contributed by atoms with Gasteiger partial charge in [-0.3, -0.25) is 9.69 Å². The molecule has 1 aliphatic heterocycles. The molecule has 1 amide bonds. The molecule has 4 nitrogen and oxygen atoms in total. The lowest BCUT2D eigenvalue weighted by Crippen LogP contribution is -2.57. The molecule has 29 heavy (non-hydrogen) atoms. The number of hydrogen-bond donors (Lipinski definition) is 2. The third-order valence-electron chi connectivity index (χ3n) is 8.06. The maximum Gasteiger partial charge on any atom is 0.237 e. The third-order valence-corrected chi connectivity index (χ3v) is 8.06. The Hall–Kier alpha value is -1.65. The molecule has 0 radical (unpaired) electrons. The second kappa shape index (κ2) is 8.23. The van der Waals surface area contributed by atoms with Crippen LogP contribution in [0.15, 0.2) is 36.4 Å². The van der Waals surface area contributed by atoms with E-state index >= 15 is 0 Å². The average Bonchev–Trinajstić information content (AvgIpc) is 3.13. The third kappa shape index (κ3) is 4.02. The molecule has 2 N–H and O–H groups in total. The van der Waals surface area contributed by atoms with E-state index in [4.69, 9.17) is 0 Å². The van der Waals surface area contributed by atoms with E-state index < -0.39 is 0 Å². The van der Waals surface area contributed by atoms with Crippen molar-refractivity contribution in [2.45, 2.75) is 56.7 Å². The van der Waals surface area contributed by atoms with Gasteiger partial charge in [0, 0.05) is 32.2 Å². The fourth-order valence-electron chi connectivity index (χ4n) is 7.02. The van der Waals surface area contributed by atoms with Gasteiger partial charge >= 0.3 is 0 Å². The van der Waals surface area contributed by atoms with Gasteiger partial charge in [-0.1, -0.05) is 42.5 Å². The molecular formula is C25H35N3O. The first-order valence-electron chi connectivity index (χ1n) is 11.6. The van der Waals surface area contributed by atoms with Gasteiger partial charge in [-0.05, 0) is 67.8 Å². The van der Waals surface area contributed by atoms with Gasteiger partial charge in [0.2, 0.25) is 5.91 Å². The summed E-state index contributed by atoms with van der Waals surface area (Å²) in [5.41, 5.74) is 1.21. The topological polar surface area (TPSA) is 44.4 Å². The van der Waals surface area contributed by atoms with Crippen LogP contribution in [0.4, 0.5) is 0 Å². The summed E-state index contributed by atoms with van der Waals surface area (Å²) in [5.74, 6) is 3.95. The van der Waals surface area contributed by atoms with Crippen molar-refractivity contribution in [2.24, 2.45) is 23.7 Å². The van der Waals surface area contributed by atoms with Crippen molar-refractivity contribution in [1.82, 2.24) is 15.5 Å². The summed E-state index contributed by atoms with van der Waals surface area (Å²) in [7, 11) is 1.76. The lowest BCUT2D eigenvalue weighted by Gasteiger charge is -2.55. The van der Waals surface area contributed by atoms with Crippen LogP contribution < -0.4 is 10.6 Å². The molecule has 5 aliphatic rings. The molecule has 1 aromatic carbocycles. The SMILES string of the molecule is CNC(=O)[C@@H]1C[C@H](NC2C3CC4CC(C3)CC2C4)CN1CC=Cc1ccccc1. The summed E-state index contributed by atoms with van der Waals surface area (Å²) in [4.78, 5) is 14.9. The van der Waals surface area contributed by atoms with Crippen molar-refractivity contribution in [3.8, 4) is 0 Å². The number of nitrogens with zero attached hydrogens (tertiary/aromatic N) is 1. The Morgan fingerprint density at radius 2 is 1.72 bits per heavy atom. The highest BCUT2D eigenvalue weighted by atomic mass is 16.2. The summed E-state index contributed by atoms with van der Waals surface area (Å²) in [6, 6.07) is 11.5. The Morgan fingerprint density at radius 1 is 1.03 bits per heavy atom. The highest BCUT2D eigenvalue weighted by molar-refractivity contribution is 5.82. The van der Waals surface area contributed by atoms with Crippen LogP contribution in [0, 0.1) is 23.7 Å². The van der Waals surface area contributed by atoms with Gasteiger partial charge in [-0.2, -0.15) is 0 Å². The predicted molar refractivity (Wildman–Crippen MR) is 117 cm³/mol. The highest BCUT2D eigenvalue weighted by Gasteiger charge is 2.49. The number of likely N-dealkylation sites (N-methyl/N-ethyl adjacent to an activating group) is 1. The van der Waals surface area contributed by atoms with Crippen molar-refractivity contribution >= 4 is 12.0 Å². The molecule has 1 heterocycles. The van der Waals surface area contributed by atoms with E-state index in [1.807, 2.05) is 6.07 Å². The van der Waals surface area contributed by atoms with Gasteiger partial charge in [0.1, 0.15) is 0 Å². The molecule has 0 aromatic heterocycles. The van der Waals surface area contributed by atoms with Gasteiger partial charge in [0.25, 0.3) is 0 Å². The van der Waals surface area contributed by atoms with Crippen LogP contribution in [0.2, 0.25) is 0 Å². The molecule has 6 rings (SSSR count). The Labute approximate surface area is 175 Å². The molecule has 0 unspecified atom stereocenters. The summed E-state index contributed by atoms with van der Waals surface area (Å²) in [6.07, 6.45) is 12.6. The van der Waals surface area contributed by atoms with Crippen LogP contribution in [0.25, 0.3) is 6.08 Å². The minimum Gasteiger partial charge on any atom is -0.358 e. The van der Waals surface area contributed by atoms with E-state index in [0.29, 0.717) is 12.1 Å². The summed E-state index contributed by atoms with van der Waals surface area (Å²) in [5, 5.41) is 6.95. The molecule has 0 spiro atoms. The number of rotatable bonds is 6. The first-order valence-corrected chi connectivity index (χ1v) is 11.6. The van der Waals surface area contributed by atoms with Crippen LogP contribution in [0.3, 0.4) is 0 Å². The molecule has 4 saturated carbocycles. The maximum atomic E-state index is 12.5. The van der Waals surface area contributed by atoms with Crippen molar-refractivity contribution < 1.29 is 4.79 Å². The first kappa shape index (κ1) is 19.3. The van der Waals surface area contributed by atoms with E-state index in [2.05, 4.69) is 52.0 Å². The van der Waals surface area contributed by atoms with Crippen molar-refractivity contribution in [2.75, 3.05) is 20.1 Å². The molecular weight excluding hydrogens is 358 g/mol. The second-order valence-electron chi connectivity index (χ2n) is 9.95. The fourth-order valence-corrected chi connectivity index (χ4v) is 7.02. The van der Waals surface area contributed by atoms with Gasteiger partial charge in [0.15, 0.2) is 0 Å². The summed E-state index contributed by atoms with van der Waals surface area (Å²) < 4.78 is 0. The van der Waals surface area contributed by atoms with E-state index in [0.717, 1.165) is 43.2 Å². The smallest absolute Gasteiger partial charge is 0.237 e. The lowest BCUT2D eigenvalue weighted by atomic mass is 9.54. The first-order chi connectivity index (χ1) is 14.2. The number of nitrogens with one attached hydrogen (secondary N) is 2. The Kier molecular flexibility index (Phi) is 5.49. The van der Waals surface area contributed by atoms with E-state index in [-0.39, 0.29) is 11.9 Å². The average molecular weight is 394 g/mol.